The Labute approximate surface area is 215 Å². The van der Waals surface area contributed by atoms with Gasteiger partial charge in [0.25, 0.3) is 11.3 Å². The molecule has 0 aromatic rings. The molecular formula is C14H21ClF14N2O6S2. The summed E-state index contributed by atoms with van der Waals surface area (Å²) in [6.45, 7) is -0.835. The molecule has 8 nitrogen and oxygen atoms in total. The van der Waals surface area contributed by atoms with Gasteiger partial charge in [0.05, 0.1) is 24.7 Å². The summed E-state index contributed by atoms with van der Waals surface area (Å²) in [5.41, 5.74) is -6.41. The zero-order chi connectivity index (χ0) is 32.4. The van der Waals surface area contributed by atoms with E-state index in [0.717, 1.165) is 0 Å². The van der Waals surface area contributed by atoms with Crippen molar-refractivity contribution in [3.05, 3.63) is 0 Å². The van der Waals surface area contributed by atoms with Gasteiger partial charge in [0.15, 0.2) is 0 Å². The van der Waals surface area contributed by atoms with Gasteiger partial charge in [0.1, 0.15) is 0 Å². The Bertz CT molecular complexity index is 890. The molecule has 0 atom stereocenters. The third-order valence-corrected chi connectivity index (χ3v) is 6.31. The summed E-state index contributed by atoms with van der Waals surface area (Å²) in [5, 5.41) is 16.0. The van der Waals surface area contributed by atoms with Gasteiger partial charge in [-0.15, -0.1) is 0 Å². The summed E-state index contributed by atoms with van der Waals surface area (Å²) in [6, 6.07) is 0. The van der Waals surface area contributed by atoms with Crippen molar-refractivity contribution in [2.24, 2.45) is 5.73 Å². The Morgan fingerprint density at radius 2 is 0.897 bits per heavy atom. The predicted octanol–water partition coefficient (Wildman–Crippen LogP) is 2.84. The monoisotopic (exact) mass is 678 g/mol. The van der Waals surface area contributed by atoms with Crippen LogP contribution in [0.3, 0.4) is 0 Å². The van der Waals surface area contributed by atoms with Crippen LogP contribution in [0.25, 0.3) is 0 Å². The molecule has 5 N–H and O–H groups in total. The van der Waals surface area contributed by atoms with Crippen molar-refractivity contribution in [3.8, 4) is 0 Å². The molecule has 25 heteroatoms. The van der Waals surface area contributed by atoms with Crippen LogP contribution in [0.15, 0.2) is 0 Å². The van der Waals surface area contributed by atoms with Gasteiger partial charge < -0.3 is 15.9 Å². The first-order valence-corrected chi connectivity index (χ1v) is 13.5. The molecule has 0 aliphatic carbocycles. The van der Waals surface area contributed by atoms with Gasteiger partial charge in [0.2, 0.25) is 19.1 Å². The highest BCUT2D eigenvalue weighted by Crippen LogP contribution is 2.49. The van der Waals surface area contributed by atoms with Gasteiger partial charge in [-0.1, -0.05) is 0 Å². The van der Waals surface area contributed by atoms with Crippen LogP contribution >= 0.6 is 10.7 Å². The quantitative estimate of drug-likeness (QED) is 0.205. The first-order valence-electron chi connectivity index (χ1n) is 9.35. The van der Waals surface area contributed by atoms with E-state index in [2.05, 4.69) is 10.7 Å². The molecule has 0 aromatic heterocycles. The smallest absolute Gasteiger partial charge is 0.395 e. The van der Waals surface area contributed by atoms with Crippen molar-refractivity contribution in [2.45, 2.75) is 48.9 Å². The highest BCUT2D eigenvalue weighted by molar-refractivity contribution is 8.13. The van der Waals surface area contributed by atoms with Crippen LogP contribution in [-0.2, 0) is 19.1 Å². The van der Waals surface area contributed by atoms with Crippen molar-refractivity contribution < 1.29 is 88.5 Å². The molecule has 0 unspecified atom stereocenters. The molecule has 0 saturated carbocycles. The summed E-state index contributed by atoms with van der Waals surface area (Å²) < 4.78 is 213. The number of rotatable bonds is 10. The van der Waals surface area contributed by atoms with Crippen LogP contribution in [-0.4, -0.2) is 101 Å². The Morgan fingerprint density at radius 3 is 1.10 bits per heavy atom. The second kappa shape index (κ2) is 15.3. The largest absolute Gasteiger partial charge is 0.431 e. The predicted molar refractivity (Wildman–Crippen MR) is 106 cm³/mol. The van der Waals surface area contributed by atoms with Gasteiger partial charge in [-0.25, -0.2) is 30.3 Å². The first-order chi connectivity index (χ1) is 16.9. The molecule has 0 bridgehead atoms. The fraction of sp³-hybridized carbons (Fsp3) is 1.00. The molecule has 0 amide bonds. The van der Waals surface area contributed by atoms with Gasteiger partial charge in [-0.3, -0.25) is 0 Å². The first kappa shape index (κ1) is 42.5. The highest BCUT2D eigenvalue weighted by Gasteiger charge is 2.73. The minimum absolute atomic E-state index is 0.0972. The van der Waals surface area contributed by atoms with Crippen molar-refractivity contribution in [3.63, 3.8) is 0 Å². The van der Waals surface area contributed by atoms with Crippen LogP contribution in [0.1, 0.15) is 12.8 Å². The van der Waals surface area contributed by atoms with Gasteiger partial charge >= 0.3 is 24.7 Å². The number of hydrogen-bond donors (Lipinski definition) is 4. The second-order valence-corrected chi connectivity index (χ2v) is 11.6. The van der Waals surface area contributed by atoms with E-state index < -0.39 is 92.6 Å². The van der Waals surface area contributed by atoms with Gasteiger partial charge in [0, 0.05) is 36.6 Å². The van der Waals surface area contributed by atoms with Gasteiger partial charge in [-0.05, 0) is 0 Å². The fourth-order valence-corrected chi connectivity index (χ4v) is 3.55. The normalized spacial score (nSPS) is 14.2. The number of halogens is 15. The van der Waals surface area contributed by atoms with Crippen molar-refractivity contribution in [1.82, 2.24) is 4.72 Å². The SMILES string of the molecule is NCCO.O=S(=O)(CCC(F)(C(F)(F)F)C(F)(F)F)NCCO.O=S(=O)(Cl)CCC(F)(C(F)(F)F)C(F)(F)F. The number of nitrogens with two attached hydrogens (primary N) is 1. The molecule has 0 rings (SSSR count). The van der Waals surface area contributed by atoms with Crippen LogP contribution in [0.4, 0.5) is 61.5 Å². The van der Waals surface area contributed by atoms with E-state index in [1.807, 2.05) is 0 Å². The second-order valence-electron chi connectivity index (χ2n) is 6.79. The summed E-state index contributed by atoms with van der Waals surface area (Å²) in [7, 11) is -4.78. The number of hydrogen-bond acceptors (Lipinski definition) is 7. The Morgan fingerprint density at radius 1 is 0.615 bits per heavy atom. The molecule has 0 aromatic carbocycles. The maximum Gasteiger partial charge on any atom is 0.431 e. The van der Waals surface area contributed by atoms with E-state index in [1.165, 1.54) is 4.72 Å². The zero-order valence-corrected chi connectivity index (χ0v) is 21.1. The lowest BCUT2D eigenvalue weighted by Gasteiger charge is -2.29. The molecule has 0 radical (unpaired) electrons. The molecule has 0 fully saturated rings. The Hall–Kier alpha value is -0.950. The molecule has 39 heavy (non-hydrogen) atoms. The fourth-order valence-electron chi connectivity index (χ4n) is 1.70. The van der Waals surface area contributed by atoms with Crippen LogP contribution in [0, 0.1) is 0 Å². The minimum Gasteiger partial charge on any atom is -0.395 e. The lowest BCUT2D eigenvalue weighted by molar-refractivity contribution is -0.342. The third-order valence-electron chi connectivity index (χ3n) is 3.77. The lowest BCUT2D eigenvalue weighted by Crippen LogP contribution is -2.54. The third kappa shape index (κ3) is 15.0. The topological polar surface area (TPSA) is 147 Å². The van der Waals surface area contributed by atoms with Crippen LogP contribution in [0.5, 0.6) is 0 Å². The average Bonchev–Trinajstić information content (AvgIpc) is 2.71. The van der Waals surface area contributed by atoms with Gasteiger partial charge in [-0.2, -0.15) is 52.7 Å². The molecule has 0 saturated heterocycles. The highest BCUT2D eigenvalue weighted by atomic mass is 35.7. The Balaban J connectivity index is -0.000000590. The van der Waals surface area contributed by atoms with E-state index in [9.17, 15) is 78.3 Å². The maximum atomic E-state index is 13.1. The minimum atomic E-state index is -6.28. The average molecular weight is 679 g/mol. The molecule has 0 spiro atoms. The maximum absolute atomic E-state index is 13.1. The molecule has 0 aliphatic heterocycles. The summed E-state index contributed by atoms with van der Waals surface area (Å²) in [4.78, 5) is 0. The lowest BCUT2D eigenvalue weighted by atomic mass is 10.0. The standard InChI is InChI=1S/C7H10F7NO3S.C5H4ClF7O2S.C2H7NO/c8-5(6(9,10)11,7(12,13)14)1-4-19(17,18)15-2-3-16;6-16(14,15)2-1-3(7,4(8,9)10)5(11,12)13;3-1-2-4/h15-16H,1-4H2;1-2H2;4H,1-3H2. The van der Waals surface area contributed by atoms with Crippen molar-refractivity contribution in [2.75, 3.05) is 37.8 Å². The molecule has 0 aliphatic rings. The van der Waals surface area contributed by atoms with Crippen LogP contribution in [0.2, 0.25) is 0 Å². The van der Waals surface area contributed by atoms with E-state index in [1.54, 1.807) is 0 Å². The molecular weight excluding hydrogens is 658 g/mol. The van der Waals surface area contributed by atoms with E-state index in [-0.39, 0.29) is 6.61 Å². The number of alkyl halides is 14. The number of sulfonamides is 1. The number of aliphatic hydroxyl groups excluding tert-OH is 2. The summed E-state index contributed by atoms with van der Waals surface area (Å²) in [6.07, 6.45) is -29.7. The zero-order valence-electron chi connectivity index (χ0n) is 18.7. The van der Waals surface area contributed by atoms with Crippen molar-refractivity contribution >= 4 is 29.8 Å². The van der Waals surface area contributed by atoms with E-state index >= 15 is 0 Å². The Kier molecular flexibility index (Phi) is 16.7. The number of aliphatic hydroxyl groups is 2. The van der Waals surface area contributed by atoms with Crippen molar-refractivity contribution in [1.29, 1.82) is 0 Å². The van der Waals surface area contributed by atoms with E-state index in [0.29, 0.717) is 6.54 Å². The molecule has 240 valence electrons. The van der Waals surface area contributed by atoms with Crippen LogP contribution < -0.4 is 10.5 Å². The summed E-state index contributed by atoms with van der Waals surface area (Å²) in [5.74, 6) is -3.49. The van der Waals surface area contributed by atoms with E-state index in [4.69, 9.17) is 15.9 Å². The molecule has 0 heterocycles. The number of nitrogens with one attached hydrogen (secondary N) is 1. The summed E-state index contributed by atoms with van der Waals surface area (Å²) >= 11 is 0.